The predicted molar refractivity (Wildman–Crippen MR) is 98.7 cm³/mol. The van der Waals surface area contributed by atoms with Crippen LogP contribution in [0, 0.1) is 0 Å². The molecule has 0 heterocycles. The van der Waals surface area contributed by atoms with Crippen molar-refractivity contribution in [3.8, 4) is 0 Å². The minimum Gasteiger partial charge on any atom is -0.545 e. The molecule has 27 heavy (non-hydrogen) atoms. The normalized spacial score (nSPS) is 10.8. The zero-order valence-corrected chi connectivity index (χ0v) is 18.6. The fourth-order valence-corrected chi connectivity index (χ4v) is 3.21. The molecule has 0 saturated heterocycles. The van der Waals surface area contributed by atoms with Gasteiger partial charge in [0.15, 0.2) is 0 Å². The smallest absolute Gasteiger partial charge is 0.545 e. The van der Waals surface area contributed by atoms with E-state index in [2.05, 4.69) is 17.2 Å². The maximum absolute atomic E-state index is 12.2. The Balaban J connectivity index is 0.00000364. The van der Waals surface area contributed by atoms with Gasteiger partial charge in [0.2, 0.25) is 10.0 Å². The molecule has 0 radical (unpaired) electrons. The minimum atomic E-state index is -3.81. The molecule has 0 unspecified atom stereocenters. The zero-order chi connectivity index (χ0) is 19.5. The van der Waals surface area contributed by atoms with Crippen LogP contribution < -0.4 is 45.2 Å². The molecule has 0 fully saturated rings. The van der Waals surface area contributed by atoms with Crippen molar-refractivity contribution >= 4 is 45.7 Å². The molecule has 2 aromatic carbocycles. The number of hydrogen-bond donors (Lipinski definition) is 1. The van der Waals surface area contributed by atoms with E-state index >= 15 is 0 Å². The van der Waals surface area contributed by atoms with Gasteiger partial charge in [-0.3, -0.25) is 5.43 Å². The third-order valence-electron chi connectivity index (χ3n) is 3.40. The van der Waals surface area contributed by atoms with Crippen molar-refractivity contribution in [1.82, 2.24) is 4.31 Å². The number of halogens is 1. The number of rotatable bonds is 7. The van der Waals surface area contributed by atoms with Gasteiger partial charge in [-0.25, -0.2) is 12.7 Å². The van der Waals surface area contributed by atoms with Crippen LogP contribution in [0.1, 0.15) is 10.4 Å². The van der Waals surface area contributed by atoms with Crippen molar-refractivity contribution in [3.63, 3.8) is 0 Å². The number of anilines is 2. The molecule has 0 aliphatic rings. The fraction of sp³-hybridized carbons (Fsp3) is 0.125. The van der Waals surface area contributed by atoms with Gasteiger partial charge in [-0.15, -0.1) is 0 Å². The molecule has 2 rings (SSSR count). The number of nitrogens with one attached hydrogen (secondary N) is 1. The van der Waals surface area contributed by atoms with E-state index < -0.39 is 16.0 Å². The molecule has 0 atom stereocenters. The molecule has 0 saturated carbocycles. The summed E-state index contributed by atoms with van der Waals surface area (Å²) in [6, 6.07) is 10.2. The number of hydrazine groups is 1. The van der Waals surface area contributed by atoms with Crippen LogP contribution in [0.3, 0.4) is 0 Å². The summed E-state index contributed by atoms with van der Waals surface area (Å²) in [5.74, 6) is -1.56. The second-order valence-corrected chi connectivity index (χ2v) is 7.92. The molecule has 138 valence electrons. The zero-order valence-electron chi connectivity index (χ0n) is 15.0. The van der Waals surface area contributed by atoms with E-state index in [9.17, 15) is 18.3 Å². The number of hydrogen-bond acceptors (Lipinski definition) is 7. The average Bonchev–Trinajstić information content (AvgIpc) is 2.59. The number of hydrazone groups is 1. The fourth-order valence-electron chi connectivity index (χ4n) is 2.09. The van der Waals surface area contributed by atoms with E-state index in [1.54, 1.807) is 24.3 Å². The van der Waals surface area contributed by atoms with Crippen molar-refractivity contribution in [2.45, 2.75) is 4.90 Å². The second-order valence-electron chi connectivity index (χ2n) is 5.33. The largest absolute Gasteiger partial charge is 1.00 e. The van der Waals surface area contributed by atoms with Crippen LogP contribution in [0.15, 0.2) is 52.5 Å². The van der Waals surface area contributed by atoms with E-state index in [4.69, 9.17) is 11.6 Å². The molecule has 0 bridgehead atoms. The van der Waals surface area contributed by atoms with Crippen LogP contribution >= 0.6 is 11.6 Å². The number of nitrogens with zero attached hydrogens (tertiary/aromatic N) is 3. The number of carbonyl (C=O) groups is 1. The summed E-state index contributed by atoms with van der Waals surface area (Å²) in [7, 11) is -1.11. The van der Waals surface area contributed by atoms with Crippen molar-refractivity contribution in [2.75, 3.05) is 24.6 Å². The van der Waals surface area contributed by atoms with Gasteiger partial charge >= 0.3 is 29.6 Å². The summed E-state index contributed by atoms with van der Waals surface area (Å²) >= 11 is 5.92. The summed E-state index contributed by atoms with van der Waals surface area (Å²) in [5.41, 5.74) is 3.05. The molecule has 0 spiro atoms. The molecule has 2 aromatic rings. The Morgan fingerprint density at radius 3 is 2.41 bits per heavy atom. The molecule has 0 aliphatic carbocycles. The molecular formula is C16H16ClN4NaO4S. The van der Waals surface area contributed by atoms with Gasteiger partial charge in [0.25, 0.3) is 0 Å². The minimum absolute atomic E-state index is 0. The quantitative estimate of drug-likeness (QED) is 0.330. The van der Waals surface area contributed by atoms with Gasteiger partial charge in [-0.05, 0) is 36.4 Å². The molecule has 0 amide bonds. The average molecular weight is 419 g/mol. The Labute approximate surface area is 184 Å². The van der Waals surface area contributed by atoms with Gasteiger partial charge in [0.1, 0.15) is 0 Å². The van der Waals surface area contributed by atoms with Crippen LogP contribution in [0.5, 0.6) is 0 Å². The van der Waals surface area contributed by atoms with Gasteiger partial charge in [0, 0.05) is 31.4 Å². The third-order valence-corrected chi connectivity index (χ3v) is 5.44. The first-order valence-electron chi connectivity index (χ1n) is 7.23. The van der Waals surface area contributed by atoms with Gasteiger partial charge < -0.3 is 9.90 Å². The van der Waals surface area contributed by atoms with E-state index in [1.165, 1.54) is 26.2 Å². The Bertz CT molecular complexity index is 953. The van der Waals surface area contributed by atoms with Crippen molar-refractivity contribution in [3.05, 3.63) is 53.1 Å². The Hall–Kier alpha value is -1.62. The predicted octanol–water partition coefficient (Wildman–Crippen LogP) is -1.59. The number of carboxylic acid groups (broad SMARTS) is 1. The van der Waals surface area contributed by atoms with Crippen LogP contribution in [-0.2, 0) is 10.0 Å². The van der Waals surface area contributed by atoms with Gasteiger partial charge in [-0.1, -0.05) is 17.7 Å². The molecule has 11 heteroatoms. The van der Waals surface area contributed by atoms with Crippen LogP contribution in [-0.4, -0.2) is 39.5 Å². The van der Waals surface area contributed by atoms with Crippen molar-refractivity contribution in [1.29, 1.82) is 0 Å². The number of carbonyl (C=O) groups excluding carboxylic acids is 1. The second kappa shape index (κ2) is 9.54. The summed E-state index contributed by atoms with van der Waals surface area (Å²) in [6.07, 6.45) is 0. The molecule has 0 aromatic heterocycles. The third kappa shape index (κ3) is 5.44. The maximum atomic E-state index is 12.2. The van der Waals surface area contributed by atoms with E-state index in [0.717, 1.165) is 15.5 Å². The molecule has 8 nitrogen and oxygen atoms in total. The Morgan fingerprint density at radius 2 is 1.89 bits per heavy atom. The number of carboxylic acids is 1. The SMILES string of the molecule is C=NN(Nc1cccc(Cl)c1)c1ccc(S(=O)(=O)N(C)C)cc1C(=O)[O-].[Na+]. The number of aromatic carboxylic acids is 1. The maximum Gasteiger partial charge on any atom is 1.00 e. The van der Waals surface area contributed by atoms with Crippen molar-refractivity contribution in [2.24, 2.45) is 5.10 Å². The first-order chi connectivity index (χ1) is 12.2. The molecule has 1 N–H and O–H groups in total. The van der Waals surface area contributed by atoms with Crippen molar-refractivity contribution < 1.29 is 47.9 Å². The summed E-state index contributed by atoms with van der Waals surface area (Å²) < 4.78 is 25.4. The van der Waals surface area contributed by atoms with Gasteiger partial charge in [-0.2, -0.15) is 10.2 Å². The Morgan fingerprint density at radius 1 is 1.22 bits per heavy atom. The van der Waals surface area contributed by atoms with E-state index in [-0.39, 0.29) is 45.7 Å². The summed E-state index contributed by atoms with van der Waals surface area (Å²) in [6.45, 7) is 3.40. The number of benzene rings is 2. The Kier molecular flexibility index (Phi) is 8.27. The number of sulfonamides is 1. The molecule has 0 aliphatic heterocycles. The van der Waals surface area contributed by atoms with Gasteiger partial charge in [0.05, 0.1) is 22.2 Å². The first-order valence-corrected chi connectivity index (χ1v) is 9.05. The monoisotopic (exact) mass is 418 g/mol. The van der Waals surface area contributed by atoms with Crippen LogP contribution in [0.4, 0.5) is 11.4 Å². The molecular weight excluding hydrogens is 403 g/mol. The summed E-state index contributed by atoms with van der Waals surface area (Å²) in [5, 5.41) is 16.8. The first kappa shape index (κ1) is 23.4. The standard InChI is InChI=1S/C16H17ClN4O4S.Na/c1-18-21(19-12-6-4-5-11(17)9-12)15-8-7-13(10-14(15)16(22)23)26(24,25)20(2)3;/h4-10,19H,1H2,2-3H3,(H,22,23);/q;+1/p-1. The van der Waals surface area contributed by atoms with Crippen LogP contribution in [0.2, 0.25) is 5.02 Å². The summed E-state index contributed by atoms with van der Waals surface area (Å²) in [4.78, 5) is 11.4. The van der Waals surface area contributed by atoms with E-state index in [0.29, 0.717) is 10.7 Å². The van der Waals surface area contributed by atoms with Crippen LogP contribution in [0.25, 0.3) is 0 Å². The van der Waals surface area contributed by atoms with E-state index in [1.807, 2.05) is 0 Å². The topological polar surface area (TPSA) is 105 Å².